The van der Waals surface area contributed by atoms with E-state index in [1.54, 1.807) is 24.3 Å². The molecule has 0 radical (unpaired) electrons. The molecular weight excluding hydrogens is 320 g/mol. The van der Waals surface area contributed by atoms with Crippen molar-refractivity contribution in [3.63, 3.8) is 0 Å². The number of hydrogen-bond acceptors (Lipinski definition) is 5. The Morgan fingerprint density at radius 1 is 0.840 bits per heavy atom. The Hall–Kier alpha value is -2.08. The van der Waals surface area contributed by atoms with Gasteiger partial charge in [0, 0.05) is 5.92 Å². The van der Waals surface area contributed by atoms with Crippen LogP contribution in [0.1, 0.15) is 24.0 Å². The van der Waals surface area contributed by atoms with Crippen molar-refractivity contribution < 1.29 is 24.4 Å². The van der Waals surface area contributed by atoms with E-state index in [9.17, 15) is 10.2 Å². The maximum atomic E-state index is 9.21. The Morgan fingerprint density at radius 2 is 1.20 bits per heavy atom. The van der Waals surface area contributed by atoms with Gasteiger partial charge < -0.3 is 24.4 Å². The monoisotopic (exact) mass is 344 g/mol. The summed E-state index contributed by atoms with van der Waals surface area (Å²) in [6.07, 6.45) is 0.785. The van der Waals surface area contributed by atoms with Crippen LogP contribution in [-0.4, -0.2) is 48.8 Å². The van der Waals surface area contributed by atoms with Gasteiger partial charge in [-0.2, -0.15) is 0 Å². The summed E-state index contributed by atoms with van der Waals surface area (Å²) in [4.78, 5) is 0. The molecule has 2 aromatic rings. The molecule has 4 rings (SSSR count). The van der Waals surface area contributed by atoms with Crippen molar-refractivity contribution in [2.75, 3.05) is 26.4 Å². The number of aromatic hydroxyl groups is 2. The van der Waals surface area contributed by atoms with Crippen LogP contribution in [0.25, 0.3) is 0 Å². The first-order valence-electron chi connectivity index (χ1n) is 8.50. The molecule has 2 N–H and O–H groups in total. The third-order valence-corrected chi connectivity index (χ3v) is 4.20. The van der Waals surface area contributed by atoms with Crippen molar-refractivity contribution in [1.82, 2.24) is 0 Å². The van der Waals surface area contributed by atoms with Crippen LogP contribution >= 0.6 is 0 Å². The average Bonchev–Trinajstić information content (AvgIpc) is 3.52. The van der Waals surface area contributed by atoms with Gasteiger partial charge in [-0.15, -0.1) is 0 Å². The molecular formula is C20H24O5. The van der Waals surface area contributed by atoms with Crippen LogP contribution in [-0.2, 0) is 14.2 Å². The zero-order valence-corrected chi connectivity index (χ0v) is 14.3. The average molecular weight is 344 g/mol. The molecule has 5 heteroatoms. The van der Waals surface area contributed by atoms with Gasteiger partial charge in [0.2, 0.25) is 0 Å². The number of hydrogen-bond donors (Lipinski definition) is 2. The molecule has 2 unspecified atom stereocenters. The summed E-state index contributed by atoms with van der Waals surface area (Å²) in [6.45, 7) is 5.36. The van der Waals surface area contributed by atoms with Gasteiger partial charge in [0.25, 0.3) is 0 Å². The molecule has 134 valence electrons. The molecule has 2 heterocycles. The summed E-state index contributed by atoms with van der Waals surface area (Å²) < 4.78 is 15.1. The molecule has 0 amide bonds. The zero-order valence-electron chi connectivity index (χ0n) is 14.3. The molecule has 25 heavy (non-hydrogen) atoms. The fourth-order valence-corrected chi connectivity index (χ4v) is 2.38. The SMILES string of the molecule is C(OCC1CO1)C1CO1.CC(c1ccc(O)cc1)c1ccc(O)cc1. The fourth-order valence-electron chi connectivity index (χ4n) is 2.38. The number of epoxide rings is 2. The van der Waals surface area contributed by atoms with E-state index in [4.69, 9.17) is 14.2 Å². The third-order valence-electron chi connectivity index (χ3n) is 4.20. The van der Waals surface area contributed by atoms with Gasteiger partial charge in [-0.05, 0) is 35.4 Å². The van der Waals surface area contributed by atoms with E-state index in [0.717, 1.165) is 37.6 Å². The standard InChI is InChI=1S/C14H14O2.C6H10O3/c1-10(11-2-6-13(15)7-3-11)12-4-8-14(16)9-5-12;1(5-3-8-5)7-2-6-4-9-6/h2-10,15-16H,1H3;5-6H,1-4H2. The first-order chi connectivity index (χ1) is 12.1. The largest absolute Gasteiger partial charge is 0.508 e. The van der Waals surface area contributed by atoms with E-state index in [0.29, 0.717) is 12.2 Å². The normalized spacial score (nSPS) is 20.7. The van der Waals surface area contributed by atoms with Crippen molar-refractivity contribution in [3.05, 3.63) is 59.7 Å². The van der Waals surface area contributed by atoms with Crippen LogP contribution in [0.4, 0.5) is 0 Å². The molecule has 0 saturated carbocycles. The van der Waals surface area contributed by atoms with Crippen molar-refractivity contribution >= 4 is 0 Å². The first-order valence-corrected chi connectivity index (χ1v) is 8.50. The fraction of sp³-hybridized carbons (Fsp3) is 0.400. The number of rotatable bonds is 6. The van der Waals surface area contributed by atoms with E-state index < -0.39 is 0 Å². The van der Waals surface area contributed by atoms with Crippen LogP contribution in [0.2, 0.25) is 0 Å². The minimum atomic E-state index is 0.251. The van der Waals surface area contributed by atoms with Crippen molar-refractivity contribution in [2.45, 2.75) is 25.0 Å². The van der Waals surface area contributed by atoms with Crippen LogP contribution in [0, 0.1) is 0 Å². The van der Waals surface area contributed by atoms with Crippen LogP contribution < -0.4 is 0 Å². The molecule has 5 nitrogen and oxygen atoms in total. The predicted molar refractivity (Wildman–Crippen MR) is 94.0 cm³/mol. The zero-order chi connectivity index (χ0) is 17.6. The lowest BCUT2D eigenvalue weighted by Gasteiger charge is -2.12. The topological polar surface area (TPSA) is 74.8 Å². The van der Waals surface area contributed by atoms with E-state index in [1.165, 1.54) is 0 Å². The summed E-state index contributed by atoms with van der Waals surface area (Å²) in [7, 11) is 0. The van der Waals surface area contributed by atoms with Crippen molar-refractivity contribution in [2.24, 2.45) is 0 Å². The maximum Gasteiger partial charge on any atom is 0.115 e. The highest BCUT2D eigenvalue weighted by Crippen LogP contribution is 2.26. The molecule has 2 aromatic carbocycles. The lowest BCUT2D eigenvalue weighted by atomic mass is 9.93. The second-order valence-corrected chi connectivity index (χ2v) is 6.35. The van der Waals surface area contributed by atoms with Crippen molar-refractivity contribution in [3.8, 4) is 11.5 Å². The van der Waals surface area contributed by atoms with Gasteiger partial charge in [-0.3, -0.25) is 0 Å². The minimum Gasteiger partial charge on any atom is -0.508 e. The highest BCUT2D eigenvalue weighted by atomic mass is 16.6. The summed E-state index contributed by atoms with van der Waals surface area (Å²) in [5, 5.41) is 18.4. The molecule has 2 saturated heterocycles. The highest BCUT2D eigenvalue weighted by Gasteiger charge is 2.26. The molecule has 2 fully saturated rings. The van der Waals surface area contributed by atoms with Crippen LogP contribution in [0.5, 0.6) is 11.5 Å². The van der Waals surface area contributed by atoms with E-state index in [-0.39, 0.29) is 17.4 Å². The lowest BCUT2D eigenvalue weighted by molar-refractivity contribution is 0.102. The Labute approximate surface area is 147 Å². The smallest absolute Gasteiger partial charge is 0.115 e. The van der Waals surface area contributed by atoms with Gasteiger partial charge in [-0.1, -0.05) is 31.2 Å². The van der Waals surface area contributed by atoms with E-state index in [2.05, 4.69) is 6.92 Å². The van der Waals surface area contributed by atoms with Gasteiger partial charge in [0.15, 0.2) is 0 Å². The Balaban J connectivity index is 0.000000170. The predicted octanol–water partition coefficient (Wildman–Crippen LogP) is 3.05. The molecule has 0 aliphatic carbocycles. The van der Waals surface area contributed by atoms with Gasteiger partial charge in [0.1, 0.15) is 23.7 Å². The number of phenols is 2. The molecule has 0 aromatic heterocycles. The van der Waals surface area contributed by atoms with Gasteiger partial charge in [-0.25, -0.2) is 0 Å². The van der Waals surface area contributed by atoms with E-state index in [1.807, 2.05) is 24.3 Å². The van der Waals surface area contributed by atoms with Gasteiger partial charge >= 0.3 is 0 Å². The Bertz CT molecular complexity index is 587. The molecule has 0 bridgehead atoms. The third kappa shape index (κ3) is 6.05. The molecule has 2 atom stereocenters. The highest BCUT2D eigenvalue weighted by molar-refractivity contribution is 5.36. The van der Waals surface area contributed by atoms with Crippen LogP contribution in [0.15, 0.2) is 48.5 Å². The van der Waals surface area contributed by atoms with E-state index >= 15 is 0 Å². The lowest BCUT2D eigenvalue weighted by Crippen LogP contribution is -2.06. The maximum absolute atomic E-state index is 9.21. The summed E-state index contributed by atoms with van der Waals surface area (Å²) in [6, 6.07) is 14.4. The number of phenolic OH excluding ortho intramolecular Hbond substituents is 2. The molecule has 0 spiro atoms. The first kappa shape index (κ1) is 17.7. The van der Waals surface area contributed by atoms with Gasteiger partial charge in [0.05, 0.1) is 26.4 Å². The molecule has 2 aliphatic rings. The second-order valence-electron chi connectivity index (χ2n) is 6.35. The quantitative estimate of drug-likeness (QED) is 0.788. The Morgan fingerprint density at radius 3 is 1.52 bits per heavy atom. The summed E-state index contributed by atoms with van der Waals surface area (Å²) in [5.74, 6) is 0.810. The summed E-state index contributed by atoms with van der Waals surface area (Å²) in [5.41, 5.74) is 2.28. The number of benzene rings is 2. The number of ether oxygens (including phenoxy) is 3. The van der Waals surface area contributed by atoms with Crippen molar-refractivity contribution in [1.29, 1.82) is 0 Å². The minimum absolute atomic E-state index is 0.251. The Kier molecular flexibility index (Phi) is 5.91. The molecule has 2 aliphatic heterocycles. The summed E-state index contributed by atoms with van der Waals surface area (Å²) >= 11 is 0. The second kappa shape index (κ2) is 8.34. The van der Waals surface area contributed by atoms with Crippen LogP contribution in [0.3, 0.4) is 0 Å².